The van der Waals surface area contributed by atoms with Crippen LogP contribution in [-0.2, 0) is 7.05 Å². The van der Waals surface area contributed by atoms with Crippen LogP contribution in [0.5, 0.6) is 0 Å². The Morgan fingerprint density at radius 1 is 0.826 bits per heavy atom. The van der Waals surface area contributed by atoms with Crippen molar-refractivity contribution in [1.82, 2.24) is 5.16 Å². The van der Waals surface area contributed by atoms with Gasteiger partial charge in [-0.3, -0.25) is 0 Å². The Labute approximate surface area is 132 Å². The molecular formula is C15H11ClN2O5. The Morgan fingerprint density at radius 2 is 1.26 bits per heavy atom. The van der Waals surface area contributed by atoms with Crippen molar-refractivity contribution in [2.45, 2.75) is 0 Å². The molecule has 4 aromatic rings. The molecule has 0 aliphatic heterocycles. The SMILES string of the molecule is C[n+]1onc2c3ccccc3c3ccccc3c21.[O-][Cl+3]([O-])([O-])[O-]. The van der Waals surface area contributed by atoms with Gasteiger partial charge in [0, 0.05) is 10.8 Å². The predicted molar refractivity (Wildman–Crippen MR) is 70.2 cm³/mol. The zero-order valence-electron chi connectivity index (χ0n) is 11.9. The van der Waals surface area contributed by atoms with E-state index in [1.807, 2.05) is 19.2 Å². The van der Waals surface area contributed by atoms with E-state index in [-0.39, 0.29) is 0 Å². The number of nitrogens with zero attached hydrogens (tertiary/aromatic N) is 2. The van der Waals surface area contributed by atoms with E-state index in [1.165, 1.54) is 16.2 Å². The van der Waals surface area contributed by atoms with Gasteiger partial charge in [-0.15, -0.1) is 10.2 Å². The van der Waals surface area contributed by atoms with E-state index >= 15 is 0 Å². The molecule has 23 heavy (non-hydrogen) atoms. The highest BCUT2D eigenvalue weighted by Crippen LogP contribution is 2.31. The number of fused-ring (bicyclic) bond motifs is 6. The van der Waals surface area contributed by atoms with Crippen LogP contribution in [0.15, 0.2) is 53.2 Å². The number of rotatable bonds is 0. The van der Waals surface area contributed by atoms with Gasteiger partial charge in [0.05, 0.1) is 0 Å². The van der Waals surface area contributed by atoms with Crippen molar-refractivity contribution in [3.8, 4) is 0 Å². The number of aromatic nitrogens is 2. The summed E-state index contributed by atoms with van der Waals surface area (Å²) in [5.74, 6) is 0. The normalized spacial score (nSPS) is 11.7. The number of benzene rings is 3. The lowest BCUT2D eigenvalue weighted by atomic mass is 10.00. The van der Waals surface area contributed by atoms with Gasteiger partial charge >= 0.3 is 0 Å². The molecule has 0 radical (unpaired) electrons. The van der Waals surface area contributed by atoms with Crippen molar-refractivity contribution in [3.63, 3.8) is 0 Å². The molecule has 0 amide bonds. The number of halogens is 1. The maximum atomic E-state index is 8.49. The highest BCUT2D eigenvalue weighted by atomic mass is 35.7. The van der Waals surface area contributed by atoms with Crippen molar-refractivity contribution < 1.29 is 38.2 Å². The Bertz CT molecular complexity index is 988. The second kappa shape index (κ2) is 5.73. The minimum Gasteiger partial charge on any atom is -0.222 e. The van der Waals surface area contributed by atoms with Crippen LogP contribution < -0.4 is 23.4 Å². The summed E-state index contributed by atoms with van der Waals surface area (Å²) in [4.78, 5) is 0. The first-order valence-corrected chi connectivity index (χ1v) is 7.77. The zero-order valence-corrected chi connectivity index (χ0v) is 12.7. The quantitative estimate of drug-likeness (QED) is 0.276. The molecule has 0 N–H and O–H groups in total. The summed E-state index contributed by atoms with van der Waals surface area (Å²) in [5.41, 5.74) is 1.97. The highest BCUT2D eigenvalue weighted by Gasteiger charge is 2.20. The van der Waals surface area contributed by atoms with Gasteiger partial charge in [0.1, 0.15) is 7.05 Å². The van der Waals surface area contributed by atoms with E-state index < -0.39 is 10.2 Å². The third kappa shape index (κ3) is 3.09. The molecule has 0 fully saturated rings. The summed E-state index contributed by atoms with van der Waals surface area (Å²) in [5, 5.41) is 8.95. The first-order chi connectivity index (χ1) is 10.9. The van der Waals surface area contributed by atoms with E-state index in [9.17, 15) is 0 Å². The first kappa shape index (κ1) is 15.6. The van der Waals surface area contributed by atoms with Gasteiger partial charge in [-0.25, -0.2) is 18.6 Å². The fraction of sp³-hybridized carbons (Fsp3) is 0.0667. The van der Waals surface area contributed by atoms with E-state index in [0.717, 1.165) is 16.4 Å². The summed E-state index contributed by atoms with van der Waals surface area (Å²) < 4.78 is 41.0. The van der Waals surface area contributed by atoms with Crippen molar-refractivity contribution in [2.75, 3.05) is 0 Å². The standard InChI is InChI=1S/C15H11N2O.ClHO4/c1-17-15-13-9-5-3-7-11(13)10-6-2-4-8-12(10)14(15)16-18-17;2-1(3,4)5/h2-9H,1H3;(H,2,3,4,5)/q+1;/p-1. The molecule has 118 valence electrons. The summed E-state index contributed by atoms with van der Waals surface area (Å²) in [6.45, 7) is 0. The molecule has 0 saturated carbocycles. The van der Waals surface area contributed by atoms with Crippen LogP contribution in [-0.4, -0.2) is 5.16 Å². The maximum Gasteiger partial charge on any atom is 0.282 e. The lowest BCUT2D eigenvalue weighted by Gasteiger charge is -2.17. The van der Waals surface area contributed by atoms with Gasteiger partial charge in [0.25, 0.3) is 5.52 Å². The van der Waals surface area contributed by atoms with Crippen LogP contribution in [0.25, 0.3) is 32.6 Å². The maximum absolute atomic E-state index is 8.49. The molecular weight excluding hydrogens is 324 g/mol. The fourth-order valence-corrected chi connectivity index (χ4v) is 2.66. The van der Waals surface area contributed by atoms with E-state index in [2.05, 4.69) is 41.6 Å². The van der Waals surface area contributed by atoms with Crippen molar-refractivity contribution in [3.05, 3.63) is 48.5 Å². The number of hydrogen-bond acceptors (Lipinski definition) is 6. The molecule has 4 rings (SSSR count). The zero-order chi connectivity index (χ0) is 16.6. The Morgan fingerprint density at radius 3 is 1.83 bits per heavy atom. The molecule has 0 aliphatic rings. The second-order valence-electron chi connectivity index (χ2n) is 4.84. The van der Waals surface area contributed by atoms with Crippen molar-refractivity contribution >= 4 is 32.6 Å². The third-order valence-corrected chi connectivity index (χ3v) is 3.45. The molecule has 7 nitrogen and oxygen atoms in total. The fourth-order valence-electron chi connectivity index (χ4n) is 2.66. The third-order valence-electron chi connectivity index (χ3n) is 3.45. The molecule has 0 saturated heterocycles. The van der Waals surface area contributed by atoms with Crippen LogP contribution in [0.1, 0.15) is 0 Å². The Hall–Kier alpha value is -2.29. The largest absolute Gasteiger partial charge is 0.282 e. The molecule has 0 unspecified atom stereocenters. The van der Waals surface area contributed by atoms with Crippen molar-refractivity contribution in [1.29, 1.82) is 0 Å². The topological polar surface area (TPSA) is 122 Å². The highest BCUT2D eigenvalue weighted by molar-refractivity contribution is 6.21. The van der Waals surface area contributed by atoms with E-state index in [0.29, 0.717) is 0 Å². The molecule has 3 aromatic carbocycles. The second-order valence-corrected chi connectivity index (χ2v) is 5.59. The smallest absolute Gasteiger partial charge is 0.222 e. The van der Waals surface area contributed by atoms with Crippen molar-refractivity contribution in [2.24, 2.45) is 7.05 Å². The predicted octanol–water partition coefficient (Wildman–Crippen LogP) is -1.80. The first-order valence-electron chi connectivity index (χ1n) is 6.53. The van der Waals surface area contributed by atoms with Gasteiger partial charge < -0.3 is 0 Å². The van der Waals surface area contributed by atoms with E-state index in [4.69, 9.17) is 23.3 Å². The van der Waals surface area contributed by atoms with Gasteiger partial charge in [-0.2, -0.15) is 0 Å². The van der Waals surface area contributed by atoms with Gasteiger partial charge in [-0.1, -0.05) is 45.8 Å². The minimum absolute atomic E-state index is 0.923. The van der Waals surface area contributed by atoms with Crippen LogP contribution in [0.2, 0.25) is 0 Å². The molecule has 1 aromatic heterocycles. The number of aryl methyl sites for hydroxylation is 1. The number of hydrogen-bond donors (Lipinski definition) is 0. The van der Waals surface area contributed by atoms with Crippen LogP contribution >= 0.6 is 0 Å². The van der Waals surface area contributed by atoms with Gasteiger partial charge in [-0.05, 0) is 22.9 Å². The molecule has 0 atom stereocenters. The average molecular weight is 335 g/mol. The summed E-state index contributed by atoms with van der Waals surface area (Å²) in [7, 11) is -3.06. The summed E-state index contributed by atoms with van der Waals surface area (Å²) >= 11 is 0. The van der Waals surface area contributed by atoms with Gasteiger partial charge in [0.2, 0.25) is 5.52 Å². The summed E-state index contributed by atoms with van der Waals surface area (Å²) in [6, 6.07) is 16.7. The van der Waals surface area contributed by atoms with Gasteiger partial charge in [0.15, 0.2) is 5.16 Å². The average Bonchev–Trinajstić information content (AvgIpc) is 2.88. The lowest BCUT2D eigenvalue weighted by molar-refractivity contribution is -2.00. The molecule has 8 heteroatoms. The van der Waals surface area contributed by atoms with Crippen LogP contribution in [0, 0.1) is 10.2 Å². The van der Waals surface area contributed by atoms with E-state index in [1.54, 1.807) is 4.74 Å². The molecule has 0 aliphatic carbocycles. The molecule has 0 spiro atoms. The Balaban J connectivity index is 0.000000276. The summed E-state index contributed by atoms with van der Waals surface area (Å²) in [6.07, 6.45) is 0. The monoisotopic (exact) mass is 334 g/mol. The van der Waals surface area contributed by atoms with Crippen LogP contribution in [0.3, 0.4) is 0 Å². The molecule has 0 bridgehead atoms. The van der Waals surface area contributed by atoms with Crippen LogP contribution in [0.4, 0.5) is 0 Å². The minimum atomic E-state index is -4.94. The Kier molecular flexibility index (Phi) is 3.88. The molecule has 1 heterocycles. The lowest BCUT2D eigenvalue weighted by Crippen LogP contribution is -2.68.